The van der Waals surface area contributed by atoms with Gasteiger partial charge in [0.1, 0.15) is 0 Å². The van der Waals surface area contributed by atoms with E-state index in [1.54, 1.807) is 0 Å². The standard InChI is InChI=1S/C16H35NO.H4N2/c1-3-5-7-9-11-13-15-17(18)16-14-12-10-8-6-4-2;1-2/h18H,3-16H2,1-2H3;1-2H2. The fourth-order valence-corrected chi connectivity index (χ4v) is 2.26. The van der Waals surface area contributed by atoms with Crippen molar-refractivity contribution in [1.82, 2.24) is 5.06 Å². The van der Waals surface area contributed by atoms with Crippen LogP contribution in [-0.4, -0.2) is 23.4 Å². The molecule has 0 bridgehead atoms. The smallest absolute Gasteiger partial charge is 0.0238 e. The van der Waals surface area contributed by atoms with E-state index >= 15 is 0 Å². The van der Waals surface area contributed by atoms with E-state index in [-0.39, 0.29) is 0 Å². The number of hydroxylamine groups is 2. The third-order valence-corrected chi connectivity index (χ3v) is 3.54. The molecule has 0 saturated carbocycles. The van der Waals surface area contributed by atoms with Gasteiger partial charge >= 0.3 is 0 Å². The lowest BCUT2D eigenvalue weighted by atomic mass is 10.1. The van der Waals surface area contributed by atoms with Crippen molar-refractivity contribution in [3.63, 3.8) is 0 Å². The lowest BCUT2D eigenvalue weighted by molar-refractivity contribution is -0.0925. The minimum absolute atomic E-state index is 0.862. The monoisotopic (exact) mass is 289 g/mol. The Hall–Kier alpha value is -0.160. The van der Waals surface area contributed by atoms with Gasteiger partial charge in [-0.25, -0.2) is 0 Å². The second-order valence-corrected chi connectivity index (χ2v) is 5.49. The third-order valence-electron chi connectivity index (χ3n) is 3.54. The highest BCUT2D eigenvalue weighted by atomic mass is 16.5. The Morgan fingerprint density at radius 3 is 1.25 bits per heavy atom. The van der Waals surface area contributed by atoms with Crippen LogP contribution in [0, 0.1) is 0 Å². The van der Waals surface area contributed by atoms with E-state index in [9.17, 15) is 5.21 Å². The summed E-state index contributed by atoms with van der Waals surface area (Å²) >= 11 is 0. The first-order valence-corrected chi connectivity index (χ1v) is 8.58. The van der Waals surface area contributed by atoms with E-state index in [1.165, 1.54) is 69.3 Å². The molecular weight excluding hydrogens is 250 g/mol. The third kappa shape index (κ3) is 20.2. The zero-order valence-electron chi connectivity index (χ0n) is 13.9. The number of unbranched alkanes of at least 4 members (excludes halogenated alkanes) is 10. The number of nitrogens with zero attached hydrogens (tertiary/aromatic N) is 1. The zero-order chi connectivity index (χ0) is 15.5. The average molecular weight is 290 g/mol. The van der Waals surface area contributed by atoms with Gasteiger partial charge in [-0.3, -0.25) is 11.7 Å². The summed E-state index contributed by atoms with van der Waals surface area (Å²) in [4.78, 5) is 0. The Bertz CT molecular complexity index is 141. The molecule has 0 unspecified atom stereocenters. The Labute approximate surface area is 126 Å². The van der Waals surface area contributed by atoms with Crippen LogP contribution in [0.1, 0.15) is 90.9 Å². The summed E-state index contributed by atoms with van der Waals surface area (Å²) in [5.41, 5.74) is 0. The molecule has 0 fully saturated rings. The SMILES string of the molecule is CCCCCCCCN(O)CCCCCCCC.NN. The largest absolute Gasteiger partial charge is 0.314 e. The second kappa shape index (κ2) is 21.1. The van der Waals surface area contributed by atoms with Crippen LogP contribution in [0.15, 0.2) is 0 Å². The van der Waals surface area contributed by atoms with Crippen molar-refractivity contribution in [3.05, 3.63) is 0 Å². The number of hydrazine groups is 1. The number of hydrogen-bond donors (Lipinski definition) is 3. The summed E-state index contributed by atoms with van der Waals surface area (Å²) in [6.07, 6.45) is 15.6. The summed E-state index contributed by atoms with van der Waals surface area (Å²) in [5, 5.41) is 11.2. The maximum absolute atomic E-state index is 9.69. The fourth-order valence-electron chi connectivity index (χ4n) is 2.26. The first-order valence-electron chi connectivity index (χ1n) is 8.58. The lowest BCUT2D eigenvalue weighted by Gasteiger charge is -2.14. The quantitative estimate of drug-likeness (QED) is 0.254. The van der Waals surface area contributed by atoms with Crippen LogP contribution >= 0.6 is 0 Å². The number of nitrogens with two attached hydrogens (primary N) is 2. The molecule has 0 aliphatic rings. The summed E-state index contributed by atoms with van der Waals surface area (Å²) in [6.45, 7) is 6.22. The summed E-state index contributed by atoms with van der Waals surface area (Å²) in [7, 11) is 0. The Morgan fingerprint density at radius 1 is 0.600 bits per heavy atom. The van der Waals surface area contributed by atoms with Crippen molar-refractivity contribution in [1.29, 1.82) is 0 Å². The van der Waals surface area contributed by atoms with E-state index in [0.717, 1.165) is 25.9 Å². The van der Waals surface area contributed by atoms with Crippen LogP contribution in [0.25, 0.3) is 0 Å². The van der Waals surface area contributed by atoms with Gasteiger partial charge in [-0.1, -0.05) is 78.1 Å². The maximum atomic E-state index is 9.69. The van der Waals surface area contributed by atoms with E-state index in [2.05, 4.69) is 25.5 Å². The second-order valence-electron chi connectivity index (χ2n) is 5.49. The zero-order valence-corrected chi connectivity index (χ0v) is 13.9. The Morgan fingerprint density at radius 2 is 0.900 bits per heavy atom. The first-order chi connectivity index (χ1) is 9.81. The first kappa shape index (κ1) is 22.1. The van der Waals surface area contributed by atoms with Crippen molar-refractivity contribution >= 4 is 0 Å². The van der Waals surface area contributed by atoms with Crippen molar-refractivity contribution in [2.75, 3.05) is 13.1 Å². The van der Waals surface area contributed by atoms with Gasteiger partial charge in [0.05, 0.1) is 0 Å². The topological polar surface area (TPSA) is 75.5 Å². The Balaban J connectivity index is 0. The molecule has 0 aromatic rings. The summed E-state index contributed by atoms with van der Waals surface area (Å²) in [5.74, 6) is 8.00. The predicted octanol–water partition coefficient (Wildman–Crippen LogP) is 4.22. The maximum Gasteiger partial charge on any atom is 0.0238 e. The van der Waals surface area contributed by atoms with Gasteiger partial charge in [-0.2, -0.15) is 5.06 Å². The molecule has 0 rings (SSSR count). The van der Waals surface area contributed by atoms with Gasteiger partial charge in [0.2, 0.25) is 0 Å². The van der Waals surface area contributed by atoms with Gasteiger partial charge in [0.25, 0.3) is 0 Å². The van der Waals surface area contributed by atoms with Crippen LogP contribution in [0.5, 0.6) is 0 Å². The molecule has 0 aromatic carbocycles. The molecule has 5 N–H and O–H groups in total. The molecule has 4 heteroatoms. The minimum Gasteiger partial charge on any atom is -0.314 e. The molecular formula is C16H39N3O. The van der Waals surface area contributed by atoms with E-state index in [4.69, 9.17) is 0 Å². The normalized spacial score (nSPS) is 10.5. The van der Waals surface area contributed by atoms with Crippen LogP contribution in [0.3, 0.4) is 0 Å². The molecule has 0 aliphatic heterocycles. The summed E-state index contributed by atoms with van der Waals surface area (Å²) < 4.78 is 0. The van der Waals surface area contributed by atoms with Gasteiger partial charge < -0.3 is 5.21 Å². The molecule has 4 nitrogen and oxygen atoms in total. The molecule has 0 spiro atoms. The molecule has 0 saturated heterocycles. The van der Waals surface area contributed by atoms with Gasteiger partial charge in [0.15, 0.2) is 0 Å². The molecule has 0 atom stereocenters. The van der Waals surface area contributed by atoms with Crippen molar-refractivity contribution in [2.45, 2.75) is 90.9 Å². The van der Waals surface area contributed by atoms with E-state index in [0.29, 0.717) is 0 Å². The highest BCUT2D eigenvalue weighted by Crippen LogP contribution is 2.07. The molecule has 0 heterocycles. The van der Waals surface area contributed by atoms with Crippen molar-refractivity contribution < 1.29 is 5.21 Å². The number of hydrogen-bond acceptors (Lipinski definition) is 4. The van der Waals surface area contributed by atoms with Crippen LogP contribution in [0.4, 0.5) is 0 Å². The average Bonchev–Trinajstić information content (AvgIpc) is 2.48. The molecule has 0 aliphatic carbocycles. The lowest BCUT2D eigenvalue weighted by Crippen LogP contribution is -2.21. The van der Waals surface area contributed by atoms with Crippen molar-refractivity contribution in [3.8, 4) is 0 Å². The highest BCUT2D eigenvalue weighted by molar-refractivity contribution is 4.50. The molecule has 20 heavy (non-hydrogen) atoms. The minimum atomic E-state index is 0.862. The van der Waals surface area contributed by atoms with Gasteiger partial charge in [-0.05, 0) is 12.8 Å². The van der Waals surface area contributed by atoms with Crippen LogP contribution < -0.4 is 11.7 Å². The summed E-state index contributed by atoms with van der Waals surface area (Å²) in [6, 6.07) is 0. The molecule has 0 radical (unpaired) electrons. The molecule has 0 aromatic heterocycles. The highest BCUT2D eigenvalue weighted by Gasteiger charge is 2.00. The predicted molar refractivity (Wildman–Crippen MR) is 88.5 cm³/mol. The van der Waals surface area contributed by atoms with E-state index < -0.39 is 0 Å². The molecule has 0 amide bonds. The van der Waals surface area contributed by atoms with Crippen LogP contribution in [-0.2, 0) is 0 Å². The van der Waals surface area contributed by atoms with Gasteiger partial charge in [0, 0.05) is 13.1 Å². The van der Waals surface area contributed by atoms with Crippen LogP contribution in [0.2, 0.25) is 0 Å². The Kier molecular flexibility index (Phi) is 23.4. The molecule has 124 valence electrons. The fraction of sp³-hybridized carbons (Fsp3) is 1.00. The van der Waals surface area contributed by atoms with Gasteiger partial charge in [-0.15, -0.1) is 0 Å². The van der Waals surface area contributed by atoms with Crippen molar-refractivity contribution in [2.24, 2.45) is 11.7 Å². The number of rotatable bonds is 14. The van der Waals surface area contributed by atoms with E-state index in [1.807, 2.05) is 0 Å².